The number of carbonyl (C=O) groups excluding carboxylic acids is 1. The lowest BCUT2D eigenvalue weighted by Gasteiger charge is -2.06. The van der Waals surface area contributed by atoms with Crippen LogP contribution in [0.5, 0.6) is 0 Å². The van der Waals surface area contributed by atoms with Gasteiger partial charge in [-0.15, -0.1) is 0 Å². The molecular weight excluding hydrogens is 378 g/mol. The predicted molar refractivity (Wildman–Crippen MR) is 133 cm³/mol. The van der Waals surface area contributed by atoms with Gasteiger partial charge in [0.25, 0.3) is 0 Å². The molecule has 0 fully saturated rings. The molecule has 0 aliphatic heterocycles. The summed E-state index contributed by atoms with van der Waals surface area (Å²) in [5.41, 5.74) is 13.4. The van der Waals surface area contributed by atoms with Crippen molar-refractivity contribution in [2.45, 2.75) is 40.5 Å². The van der Waals surface area contributed by atoms with E-state index in [2.05, 4.69) is 88.4 Å². The van der Waals surface area contributed by atoms with Crippen molar-refractivity contribution >= 4 is 11.5 Å². The number of benzene rings is 3. The highest BCUT2D eigenvalue weighted by atomic mass is 16.1. The van der Waals surface area contributed by atoms with Crippen molar-refractivity contribution in [3.05, 3.63) is 124 Å². The van der Waals surface area contributed by atoms with Crippen molar-refractivity contribution in [2.75, 3.05) is 0 Å². The number of allylic oxidation sites excluding steroid dienone is 4. The third-order valence-corrected chi connectivity index (χ3v) is 5.13. The second kappa shape index (κ2) is 12.3. The molecule has 0 spiro atoms. The Morgan fingerprint density at radius 2 is 1.48 bits per heavy atom. The minimum absolute atomic E-state index is 0.385. The summed E-state index contributed by atoms with van der Waals surface area (Å²) in [6.07, 6.45) is 6.23. The second-order valence-corrected chi connectivity index (χ2v) is 7.76. The molecule has 0 aliphatic carbocycles. The van der Waals surface area contributed by atoms with Gasteiger partial charge < -0.3 is 5.73 Å². The zero-order valence-electron chi connectivity index (χ0n) is 19.1. The first-order valence-electron chi connectivity index (χ1n) is 10.7. The van der Waals surface area contributed by atoms with Gasteiger partial charge >= 0.3 is 0 Å². The van der Waals surface area contributed by atoms with E-state index in [0.717, 1.165) is 18.4 Å². The Kier molecular flexibility index (Phi) is 9.51. The Balaban J connectivity index is 0.000000357. The number of hydrogen-bond donors (Lipinski definition) is 1. The van der Waals surface area contributed by atoms with Gasteiger partial charge in [0.2, 0.25) is 5.91 Å². The number of rotatable bonds is 6. The van der Waals surface area contributed by atoms with E-state index < -0.39 is 0 Å². The van der Waals surface area contributed by atoms with E-state index in [4.69, 9.17) is 5.73 Å². The van der Waals surface area contributed by atoms with Crippen LogP contribution in [0.1, 0.15) is 53.4 Å². The van der Waals surface area contributed by atoms with E-state index in [1.807, 2.05) is 24.3 Å². The maximum Gasteiger partial charge on any atom is 0.248 e. The van der Waals surface area contributed by atoms with Gasteiger partial charge in [-0.1, -0.05) is 91.4 Å². The van der Waals surface area contributed by atoms with Crippen molar-refractivity contribution in [2.24, 2.45) is 5.73 Å². The van der Waals surface area contributed by atoms with E-state index in [1.54, 1.807) is 6.07 Å². The molecule has 3 rings (SSSR count). The van der Waals surface area contributed by atoms with Crippen LogP contribution in [0.4, 0.5) is 0 Å². The van der Waals surface area contributed by atoms with Gasteiger partial charge in [-0.2, -0.15) is 0 Å². The summed E-state index contributed by atoms with van der Waals surface area (Å²) in [5.74, 6) is -0.385. The summed E-state index contributed by atoms with van der Waals surface area (Å²) in [7, 11) is 0. The van der Waals surface area contributed by atoms with Crippen molar-refractivity contribution in [1.82, 2.24) is 0 Å². The molecule has 2 nitrogen and oxygen atoms in total. The van der Waals surface area contributed by atoms with E-state index in [0.29, 0.717) is 5.56 Å². The molecule has 0 saturated carbocycles. The van der Waals surface area contributed by atoms with Gasteiger partial charge in [0.1, 0.15) is 0 Å². The quantitative estimate of drug-likeness (QED) is 0.439. The van der Waals surface area contributed by atoms with Crippen LogP contribution >= 0.6 is 0 Å². The molecule has 0 heterocycles. The lowest BCUT2D eigenvalue weighted by molar-refractivity contribution is 0.1000. The monoisotopic (exact) mass is 411 g/mol. The zero-order valence-corrected chi connectivity index (χ0v) is 19.1. The molecule has 0 unspecified atom stereocenters. The minimum atomic E-state index is -0.385. The van der Waals surface area contributed by atoms with Crippen LogP contribution in [0.15, 0.2) is 96.6 Å². The van der Waals surface area contributed by atoms with E-state index in [-0.39, 0.29) is 5.91 Å². The van der Waals surface area contributed by atoms with Crippen molar-refractivity contribution in [1.29, 1.82) is 0 Å². The first kappa shape index (κ1) is 23.9. The van der Waals surface area contributed by atoms with Gasteiger partial charge in [-0.05, 0) is 73.6 Å². The fourth-order valence-corrected chi connectivity index (χ4v) is 3.30. The standard InChI is InChI=1S/C21H23NO.C8H10/c1-15(13-18-8-6-9-19(14-18)21(22)23)11-12-17(3)20-10-5-4-7-16(20)2;1-2-8-6-4-3-5-7-8/h4-12,14H,13H2,1-3H3,(H2,22,23);3-7H,2H2,1H3/b15-11-,17-12+;. The average molecular weight is 412 g/mol. The highest BCUT2D eigenvalue weighted by molar-refractivity contribution is 5.92. The summed E-state index contributed by atoms with van der Waals surface area (Å²) in [6, 6.07) is 26.3. The first-order chi connectivity index (χ1) is 14.9. The van der Waals surface area contributed by atoms with Crippen LogP contribution in [0, 0.1) is 6.92 Å². The van der Waals surface area contributed by atoms with Crippen LogP contribution in [0.2, 0.25) is 0 Å². The minimum Gasteiger partial charge on any atom is -0.366 e. The molecule has 2 heteroatoms. The largest absolute Gasteiger partial charge is 0.366 e. The third-order valence-electron chi connectivity index (χ3n) is 5.13. The first-order valence-corrected chi connectivity index (χ1v) is 10.7. The Bertz CT molecular complexity index is 1050. The maximum atomic E-state index is 11.2. The molecule has 0 atom stereocenters. The lowest BCUT2D eigenvalue weighted by atomic mass is 10.00. The summed E-state index contributed by atoms with van der Waals surface area (Å²) in [6.45, 7) is 8.51. The Labute approximate surface area is 187 Å². The average Bonchev–Trinajstić information content (AvgIpc) is 2.79. The molecule has 0 radical (unpaired) electrons. The molecule has 0 bridgehead atoms. The fraction of sp³-hybridized carbons (Fsp3) is 0.207. The number of amides is 1. The van der Waals surface area contributed by atoms with Crippen molar-refractivity contribution in [3.8, 4) is 0 Å². The Morgan fingerprint density at radius 1 is 0.839 bits per heavy atom. The Morgan fingerprint density at radius 3 is 2.10 bits per heavy atom. The number of carbonyl (C=O) groups is 1. The van der Waals surface area contributed by atoms with E-state index in [1.165, 1.54) is 27.8 Å². The van der Waals surface area contributed by atoms with Crippen molar-refractivity contribution in [3.63, 3.8) is 0 Å². The van der Waals surface area contributed by atoms with E-state index >= 15 is 0 Å². The predicted octanol–water partition coefficient (Wildman–Crippen LogP) is 6.94. The van der Waals surface area contributed by atoms with Gasteiger partial charge in [0.05, 0.1) is 0 Å². The smallest absolute Gasteiger partial charge is 0.248 e. The summed E-state index contributed by atoms with van der Waals surface area (Å²) in [5, 5.41) is 0. The van der Waals surface area contributed by atoms with Crippen LogP contribution in [-0.4, -0.2) is 5.91 Å². The number of aryl methyl sites for hydroxylation is 2. The lowest BCUT2D eigenvalue weighted by Crippen LogP contribution is -2.10. The van der Waals surface area contributed by atoms with Gasteiger partial charge in [-0.25, -0.2) is 0 Å². The van der Waals surface area contributed by atoms with Crippen molar-refractivity contribution < 1.29 is 4.79 Å². The molecule has 0 aliphatic rings. The normalized spacial score (nSPS) is 11.5. The fourth-order valence-electron chi connectivity index (χ4n) is 3.30. The zero-order chi connectivity index (χ0) is 22.6. The van der Waals surface area contributed by atoms with Crippen LogP contribution < -0.4 is 5.73 Å². The Hall–Kier alpha value is -3.39. The molecule has 1 amide bonds. The van der Waals surface area contributed by atoms with Crippen LogP contribution in [0.25, 0.3) is 5.57 Å². The van der Waals surface area contributed by atoms with Gasteiger partial charge in [0, 0.05) is 5.56 Å². The summed E-state index contributed by atoms with van der Waals surface area (Å²) < 4.78 is 0. The summed E-state index contributed by atoms with van der Waals surface area (Å²) >= 11 is 0. The molecule has 3 aromatic rings. The molecule has 2 N–H and O–H groups in total. The number of nitrogens with two attached hydrogens (primary N) is 1. The number of primary amides is 1. The molecule has 160 valence electrons. The highest BCUT2D eigenvalue weighted by Crippen LogP contribution is 2.19. The molecule has 3 aromatic carbocycles. The number of hydrogen-bond acceptors (Lipinski definition) is 1. The maximum absolute atomic E-state index is 11.2. The molecule has 0 saturated heterocycles. The SMILES string of the molecule is C/C(=C/C=C(\C)c1ccccc1C)Cc1cccc(C(N)=O)c1.CCc1ccccc1. The molecule has 31 heavy (non-hydrogen) atoms. The van der Waals surface area contributed by atoms with Crippen LogP contribution in [0.3, 0.4) is 0 Å². The molecule has 0 aromatic heterocycles. The highest BCUT2D eigenvalue weighted by Gasteiger charge is 2.02. The topological polar surface area (TPSA) is 43.1 Å². The van der Waals surface area contributed by atoms with Crippen LogP contribution in [-0.2, 0) is 12.8 Å². The van der Waals surface area contributed by atoms with Gasteiger partial charge in [0.15, 0.2) is 0 Å². The summed E-state index contributed by atoms with van der Waals surface area (Å²) in [4.78, 5) is 11.2. The second-order valence-electron chi connectivity index (χ2n) is 7.76. The van der Waals surface area contributed by atoms with Gasteiger partial charge in [-0.3, -0.25) is 4.79 Å². The molecular formula is C29H33NO. The van der Waals surface area contributed by atoms with E-state index in [9.17, 15) is 4.79 Å². The third kappa shape index (κ3) is 8.10.